The normalized spacial score (nSPS) is 17.0. The Hall–Kier alpha value is -1.89. The molecule has 7 heteroatoms. The van der Waals surface area contributed by atoms with E-state index in [-0.39, 0.29) is 21.5 Å². The summed E-state index contributed by atoms with van der Waals surface area (Å²) >= 11 is 6.26. The first kappa shape index (κ1) is 22.8. The molecule has 2 aromatic carbocycles. The van der Waals surface area contributed by atoms with Crippen LogP contribution in [0, 0.1) is 19.8 Å². The molecule has 1 amide bonds. The molecule has 0 saturated carbocycles. The van der Waals surface area contributed by atoms with Crippen molar-refractivity contribution in [2.45, 2.75) is 51.5 Å². The molecule has 1 aliphatic rings. The molecule has 1 aliphatic heterocycles. The molecule has 0 spiro atoms. The van der Waals surface area contributed by atoms with Crippen LogP contribution in [0.15, 0.2) is 41.3 Å². The van der Waals surface area contributed by atoms with E-state index >= 15 is 0 Å². The third-order valence-electron chi connectivity index (χ3n) is 5.80. The number of carbonyl (C=O) groups is 1. The minimum Gasteiger partial charge on any atom is -0.345 e. The highest BCUT2D eigenvalue weighted by Crippen LogP contribution is 2.27. The van der Waals surface area contributed by atoms with Gasteiger partial charge < -0.3 is 5.32 Å². The van der Waals surface area contributed by atoms with Crippen LogP contribution in [-0.2, 0) is 10.0 Å². The highest BCUT2D eigenvalue weighted by atomic mass is 35.5. The Bertz CT molecular complexity index is 1040. The van der Waals surface area contributed by atoms with Crippen LogP contribution in [0.2, 0.25) is 5.02 Å². The van der Waals surface area contributed by atoms with Crippen molar-refractivity contribution in [3.8, 4) is 0 Å². The van der Waals surface area contributed by atoms with Gasteiger partial charge in [-0.25, -0.2) is 8.42 Å². The Balaban J connectivity index is 1.83. The van der Waals surface area contributed by atoms with Crippen LogP contribution >= 0.6 is 11.6 Å². The van der Waals surface area contributed by atoms with E-state index in [1.807, 2.05) is 32.9 Å². The zero-order valence-electron chi connectivity index (χ0n) is 17.9. The molecule has 1 atom stereocenters. The van der Waals surface area contributed by atoms with E-state index in [1.54, 1.807) is 0 Å². The zero-order chi connectivity index (χ0) is 22.1. The number of amides is 1. The Morgan fingerprint density at radius 1 is 1.13 bits per heavy atom. The second kappa shape index (κ2) is 9.08. The van der Waals surface area contributed by atoms with Crippen LogP contribution in [0.1, 0.15) is 59.8 Å². The van der Waals surface area contributed by atoms with Crippen molar-refractivity contribution in [2.24, 2.45) is 5.92 Å². The summed E-state index contributed by atoms with van der Waals surface area (Å²) in [7, 11) is -3.66. The van der Waals surface area contributed by atoms with E-state index in [0.29, 0.717) is 19.0 Å². The second-order valence-electron chi connectivity index (χ2n) is 8.28. The third-order valence-corrected chi connectivity index (χ3v) is 8.03. The van der Waals surface area contributed by atoms with Crippen LogP contribution in [0.25, 0.3) is 0 Å². The molecule has 1 fully saturated rings. The van der Waals surface area contributed by atoms with Crippen LogP contribution in [0.4, 0.5) is 0 Å². The second-order valence-corrected chi connectivity index (χ2v) is 10.6. The Kier molecular flexibility index (Phi) is 6.90. The third kappa shape index (κ3) is 4.88. The smallest absolute Gasteiger partial charge is 0.253 e. The van der Waals surface area contributed by atoms with E-state index in [4.69, 9.17) is 11.6 Å². The molecule has 0 aromatic heterocycles. The molecule has 0 aliphatic carbocycles. The lowest BCUT2D eigenvalue weighted by atomic mass is 10.00. The summed E-state index contributed by atoms with van der Waals surface area (Å²) in [6, 6.07) is 10.2. The zero-order valence-corrected chi connectivity index (χ0v) is 19.5. The van der Waals surface area contributed by atoms with E-state index in [9.17, 15) is 13.2 Å². The first-order valence-electron chi connectivity index (χ1n) is 10.3. The van der Waals surface area contributed by atoms with Crippen molar-refractivity contribution in [1.29, 1.82) is 0 Å². The van der Waals surface area contributed by atoms with Crippen molar-refractivity contribution in [3.05, 3.63) is 63.7 Å². The number of carbonyl (C=O) groups excluding carboxylic acids is 1. The number of halogens is 1. The maximum Gasteiger partial charge on any atom is 0.253 e. The fraction of sp³-hybridized carbons (Fsp3) is 0.435. The molecule has 0 radical (unpaired) electrons. The van der Waals surface area contributed by atoms with Gasteiger partial charge in [0.05, 0.1) is 21.5 Å². The van der Waals surface area contributed by atoms with Crippen LogP contribution in [0.3, 0.4) is 0 Å². The van der Waals surface area contributed by atoms with Crippen molar-refractivity contribution < 1.29 is 13.2 Å². The van der Waals surface area contributed by atoms with E-state index < -0.39 is 15.9 Å². The Morgan fingerprint density at radius 2 is 1.80 bits per heavy atom. The van der Waals surface area contributed by atoms with Gasteiger partial charge in [-0.2, -0.15) is 4.31 Å². The van der Waals surface area contributed by atoms with Gasteiger partial charge in [0.2, 0.25) is 10.0 Å². The van der Waals surface area contributed by atoms with Crippen LogP contribution < -0.4 is 5.32 Å². The van der Waals surface area contributed by atoms with Crippen molar-refractivity contribution in [3.63, 3.8) is 0 Å². The maximum absolute atomic E-state index is 13.1. The predicted octanol–water partition coefficient (Wildman–Crippen LogP) is 4.87. The molecule has 0 bridgehead atoms. The summed E-state index contributed by atoms with van der Waals surface area (Å²) in [5, 5.41) is 3.17. The number of aryl methyl sites for hydroxylation is 2. The predicted molar refractivity (Wildman–Crippen MR) is 120 cm³/mol. The van der Waals surface area contributed by atoms with Gasteiger partial charge in [-0.15, -0.1) is 0 Å². The monoisotopic (exact) mass is 448 g/mol. The summed E-state index contributed by atoms with van der Waals surface area (Å²) in [6.45, 7) is 9.05. The average Bonchev–Trinajstić information content (AvgIpc) is 2.68. The number of hydrogen-bond acceptors (Lipinski definition) is 3. The molecule has 3 rings (SSSR count). The number of nitrogens with zero attached hydrogens (tertiary/aromatic N) is 1. The molecule has 0 unspecified atom stereocenters. The number of nitrogens with one attached hydrogen (secondary N) is 1. The summed E-state index contributed by atoms with van der Waals surface area (Å²) in [5.41, 5.74) is 3.42. The molecule has 30 heavy (non-hydrogen) atoms. The van der Waals surface area contributed by atoms with Gasteiger partial charge in [0, 0.05) is 13.1 Å². The molecule has 2 aromatic rings. The van der Waals surface area contributed by atoms with Gasteiger partial charge in [0.1, 0.15) is 0 Å². The molecule has 162 valence electrons. The molecule has 1 saturated heterocycles. The van der Waals surface area contributed by atoms with E-state index in [2.05, 4.69) is 18.3 Å². The number of sulfonamides is 1. The number of piperidine rings is 1. The maximum atomic E-state index is 13.1. The van der Waals surface area contributed by atoms with Crippen molar-refractivity contribution in [2.75, 3.05) is 13.1 Å². The number of benzene rings is 2. The van der Waals surface area contributed by atoms with Crippen molar-refractivity contribution >= 4 is 27.5 Å². The minimum atomic E-state index is -3.66. The molecular weight excluding hydrogens is 420 g/mol. The van der Waals surface area contributed by atoms with Gasteiger partial charge >= 0.3 is 0 Å². The molecule has 5 nitrogen and oxygen atoms in total. The molecule has 1 heterocycles. The highest BCUT2D eigenvalue weighted by molar-refractivity contribution is 7.89. The van der Waals surface area contributed by atoms with Crippen LogP contribution in [0.5, 0.6) is 0 Å². The lowest BCUT2D eigenvalue weighted by molar-refractivity contribution is 0.0939. The fourth-order valence-electron chi connectivity index (χ4n) is 3.88. The standard InChI is InChI=1S/C23H29ClN2O3S/c1-15-9-11-26(12-10-15)30(28,29)19-6-8-22(24)21(14-19)23(27)25-18(4)20-7-5-16(2)13-17(20)3/h5-8,13-15,18H,9-12H2,1-4H3,(H,25,27)/t18-/m0/s1. The lowest BCUT2D eigenvalue weighted by Crippen LogP contribution is -2.38. The first-order valence-corrected chi connectivity index (χ1v) is 12.1. The largest absolute Gasteiger partial charge is 0.345 e. The van der Waals surface area contributed by atoms with Gasteiger partial charge in [-0.3, -0.25) is 4.79 Å². The van der Waals surface area contributed by atoms with E-state index in [1.165, 1.54) is 22.5 Å². The average molecular weight is 449 g/mol. The SMILES string of the molecule is Cc1ccc([C@H](C)NC(=O)c2cc(S(=O)(=O)N3CCC(C)CC3)ccc2Cl)c(C)c1. The number of rotatable bonds is 5. The lowest BCUT2D eigenvalue weighted by Gasteiger charge is -2.29. The molecule has 1 N–H and O–H groups in total. The topological polar surface area (TPSA) is 66.5 Å². The van der Waals surface area contributed by atoms with Gasteiger partial charge in [-0.05, 0) is 68.9 Å². The fourth-order valence-corrected chi connectivity index (χ4v) is 5.58. The highest BCUT2D eigenvalue weighted by Gasteiger charge is 2.29. The molecular formula is C23H29ClN2O3S. The Morgan fingerprint density at radius 3 is 2.43 bits per heavy atom. The van der Waals surface area contributed by atoms with Gasteiger partial charge in [-0.1, -0.05) is 42.3 Å². The first-order chi connectivity index (χ1) is 14.1. The van der Waals surface area contributed by atoms with Gasteiger partial charge in [0.25, 0.3) is 5.91 Å². The van der Waals surface area contributed by atoms with E-state index in [0.717, 1.165) is 29.5 Å². The van der Waals surface area contributed by atoms with Gasteiger partial charge in [0.15, 0.2) is 0 Å². The minimum absolute atomic E-state index is 0.103. The summed E-state index contributed by atoms with van der Waals surface area (Å²) in [5.74, 6) is 0.131. The summed E-state index contributed by atoms with van der Waals surface area (Å²) in [4.78, 5) is 13.0. The number of hydrogen-bond donors (Lipinski definition) is 1. The Labute approximate surface area is 184 Å². The van der Waals surface area contributed by atoms with Crippen LogP contribution in [-0.4, -0.2) is 31.7 Å². The summed E-state index contributed by atoms with van der Waals surface area (Å²) < 4.78 is 27.6. The summed E-state index contributed by atoms with van der Waals surface area (Å²) in [6.07, 6.45) is 1.68. The van der Waals surface area contributed by atoms with Crippen molar-refractivity contribution in [1.82, 2.24) is 9.62 Å². The quantitative estimate of drug-likeness (QED) is 0.709.